The summed E-state index contributed by atoms with van der Waals surface area (Å²) in [6.45, 7) is 0. The number of rotatable bonds is 4. The van der Waals surface area contributed by atoms with Crippen LogP contribution in [0.3, 0.4) is 0 Å². The lowest BCUT2D eigenvalue weighted by molar-refractivity contribution is -0.154. The zero-order valence-corrected chi connectivity index (χ0v) is 12.4. The summed E-state index contributed by atoms with van der Waals surface area (Å²) < 4.78 is 16.0. The molecule has 5 heteroatoms. The van der Waals surface area contributed by atoms with Crippen molar-refractivity contribution in [2.24, 2.45) is 0 Å². The number of hydrogen-bond acceptors (Lipinski definition) is 5. The summed E-state index contributed by atoms with van der Waals surface area (Å²) in [4.78, 5) is 23.9. The Bertz CT molecular complexity index is 346. The minimum Gasteiger partial charge on any atom is -0.460 e. The summed E-state index contributed by atoms with van der Waals surface area (Å²) in [5.41, 5.74) is 0. The van der Waals surface area contributed by atoms with Gasteiger partial charge < -0.3 is 14.2 Å². The maximum Gasteiger partial charge on any atom is 0.338 e. The molecule has 3 rings (SSSR count). The molecule has 2 atom stereocenters. The number of carbonyl (C=O) groups is 2. The highest BCUT2D eigenvalue weighted by atomic mass is 16.7. The van der Waals surface area contributed by atoms with Crippen LogP contribution in [0, 0.1) is 0 Å². The lowest BCUT2D eigenvalue weighted by Crippen LogP contribution is -2.28. The fourth-order valence-electron chi connectivity index (χ4n) is 3.30. The summed E-state index contributed by atoms with van der Waals surface area (Å²) in [5.74, 6) is -0.792. The van der Waals surface area contributed by atoms with Crippen molar-refractivity contribution >= 4 is 11.9 Å². The van der Waals surface area contributed by atoms with Gasteiger partial charge in [-0.05, 0) is 51.4 Å². The normalized spacial score (nSPS) is 30.7. The Morgan fingerprint density at radius 1 is 0.667 bits per heavy atom. The molecule has 3 fully saturated rings. The minimum absolute atomic E-state index is 0.00506. The average molecular weight is 296 g/mol. The predicted molar refractivity (Wildman–Crippen MR) is 74.6 cm³/mol. The van der Waals surface area contributed by atoms with Crippen LogP contribution in [0.1, 0.15) is 64.2 Å². The van der Waals surface area contributed by atoms with Crippen LogP contribution in [0.2, 0.25) is 0 Å². The van der Waals surface area contributed by atoms with Crippen LogP contribution in [0.4, 0.5) is 0 Å². The third kappa shape index (κ3) is 3.96. The first kappa shape index (κ1) is 14.8. The van der Waals surface area contributed by atoms with Crippen LogP contribution in [0.25, 0.3) is 0 Å². The van der Waals surface area contributed by atoms with E-state index >= 15 is 0 Å². The second kappa shape index (κ2) is 6.77. The zero-order valence-electron chi connectivity index (χ0n) is 12.4. The number of esters is 2. The fourth-order valence-corrected chi connectivity index (χ4v) is 3.30. The number of hydrogen-bond donors (Lipinski definition) is 0. The Hall–Kier alpha value is -1.10. The predicted octanol–water partition coefficient (Wildman–Crippen LogP) is 2.51. The van der Waals surface area contributed by atoms with Crippen molar-refractivity contribution in [3.05, 3.63) is 0 Å². The van der Waals surface area contributed by atoms with E-state index in [1.165, 1.54) is 12.8 Å². The maximum atomic E-state index is 11.9. The molecule has 0 amide bonds. The molecule has 2 unspecified atom stereocenters. The molecular weight excluding hydrogens is 272 g/mol. The fraction of sp³-hybridized carbons (Fsp3) is 0.875. The molecule has 0 radical (unpaired) electrons. The standard InChI is InChI=1S/C16H24O5/c17-15(19-11-7-3-1-4-8-11)13-14(21-13)16(18)20-12-9-5-2-6-10-12/h11-14H,1-10H2. The lowest BCUT2D eigenvalue weighted by atomic mass is 9.98. The molecule has 21 heavy (non-hydrogen) atoms. The van der Waals surface area contributed by atoms with E-state index in [1.54, 1.807) is 0 Å². The molecule has 0 spiro atoms. The molecule has 118 valence electrons. The molecule has 2 saturated carbocycles. The molecule has 0 aromatic heterocycles. The largest absolute Gasteiger partial charge is 0.460 e. The third-order valence-electron chi connectivity index (χ3n) is 4.63. The van der Waals surface area contributed by atoms with Gasteiger partial charge in [-0.25, -0.2) is 9.59 Å². The summed E-state index contributed by atoms with van der Waals surface area (Å²) in [5, 5.41) is 0. The Morgan fingerprint density at radius 3 is 1.43 bits per heavy atom. The monoisotopic (exact) mass is 296 g/mol. The van der Waals surface area contributed by atoms with Gasteiger partial charge in [-0.3, -0.25) is 0 Å². The van der Waals surface area contributed by atoms with Crippen LogP contribution >= 0.6 is 0 Å². The van der Waals surface area contributed by atoms with E-state index in [9.17, 15) is 9.59 Å². The number of ether oxygens (including phenoxy) is 3. The third-order valence-corrected chi connectivity index (χ3v) is 4.63. The average Bonchev–Trinajstić information content (AvgIpc) is 3.30. The molecule has 1 aliphatic heterocycles. The van der Waals surface area contributed by atoms with E-state index in [2.05, 4.69) is 0 Å². The first-order valence-corrected chi connectivity index (χ1v) is 8.30. The van der Waals surface area contributed by atoms with Gasteiger partial charge in [0.2, 0.25) is 0 Å². The molecule has 1 heterocycles. The van der Waals surface area contributed by atoms with Gasteiger partial charge in [0.15, 0.2) is 12.2 Å². The Labute approximate surface area is 125 Å². The molecule has 0 aromatic rings. The molecule has 3 aliphatic rings. The van der Waals surface area contributed by atoms with E-state index in [1.807, 2.05) is 0 Å². The highest BCUT2D eigenvalue weighted by molar-refractivity contribution is 5.90. The van der Waals surface area contributed by atoms with Crippen LogP contribution in [-0.2, 0) is 23.8 Å². The summed E-state index contributed by atoms with van der Waals surface area (Å²) in [6, 6.07) is 0. The summed E-state index contributed by atoms with van der Waals surface area (Å²) >= 11 is 0. The van der Waals surface area contributed by atoms with Crippen molar-refractivity contribution in [2.45, 2.75) is 88.6 Å². The minimum atomic E-state index is -0.733. The van der Waals surface area contributed by atoms with E-state index in [4.69, 9.17) is 14.2 Å². The molecular formula is C16H24O5. The number of carbonyl (C=O) groups excluding carboxylic acids is 2. The van der Waals surface area contributed by atoms with Crippen LogP contribution in [0.15, 0.2) is 0 Å². The summed E-state index contributed by atoms with van der Waals surface area (Å²) in [7, 11) is 0. The van der Waals surface area contributed by atoms with Crippen molar-refractivity contribution in [3.63, 3.8) is 0 Å². The molecule has 2 aliphatic carbocycles. The molecule has 5 nitrogen and oxygen atoms in total. The van der Waals surface area contributed by atoms with Gasteiger partial charge in [-0.2, -0.15) is 0 Å². The first-order valence-electron chi connectivity index (χ1n) is 8.30. The highest BCUT2D eigenvalue weighted by Crippen LogP contribution is 2.29. The second-order valence-electron chi connectivity index (χ2n) is 6.37. The van der Waals surface area contributed by atoms with E-state index in [0.717, 1.165) is 51.4 Å². The van der Waals surface area contributed by atoms with Crippen LogP contribution < -0.4 is 0 Å². The van der Waals surface area contributed by atoms with E-state index in [-0.39, 0.29) is 12.2 Å². The smallest absolute Gasteiger partial charge is 0.338 e. The van der Waals surface area contributed by atoms with Crippen molar-refractivity contribution in [1.29, 1.82) is 0 Å². The topological polar surface area (TPSA) is 65.1 Å². The highest BCUT2D eigenvalue weighted by Gasteiger charge is 2.53. The molecule has 0 bridgehead atoms. The Balaban J connectivity index is 1.40. The van der Waals surface area contributed by atoms with Crippen molar-refractivity contribution in [2.75, 3.05) is 0 Å². The summed E-state index contributed by atoms with van der Waals surface area (Å²) in [6.07, 6.45) is 9.10. The van der Waals surface area contributed by atoms with Crippen molar-refractivity contribution in [3.8, 4) is 0 Å². The van der Waals surface area contributed by atoms with Gasteiger partial charge in [0.1, 0.15) is 12.2 Å². The van der Waals surface area contributed by atoms with E-state index in [0.29, 0.717) is 0 Å². The second-order valence-corrected chi connectivity index (χ2v) is 6.37. The van der Waals surface area contributed by atoms with Gasteiger partial charge in [0.05, 0.1) is 0 Å². The van der Waals surface area contributed by atoms with Gasteiger partial charge in [0.25, 0.3) is 0 Å². The first-order chi connectivity index (χ1) is 10.2. The van der Waals surface area contributed by atoms with Crippen LogP contribution in [-0.4, -0.2) is 36.4 Å². The Kier molecular flexibility index (Phi) is 4.78. The lowest BCUT2D eigenvalue weighted by Gasteiger charge is -2.22. The quantitative estimate of drug-likeness (QED) is 0.589. The van der Waals surface area contributed by atoms with Crippen LogP contribution in [0.5, 0.6) is 0 Å². The van der Waals surface area contributed by atoms with Crippen molar-refractivity contribution in [1.82, 2.24) is 0 Å². The van der Waals surface area contributed by atoms with Gasteiger partial charge in [-0.15, -0.1) is 0 Å². The molecule has 1 saturated heterocycles. The maximum absolute atomic E-state index is 11.9. The Morgan fingerprint density at radius 2 is 1.05 bits per heavy atom. The SMILES string of the molecule is O=C(OC1CCCCC1)C1OC1C(=O)OC1CCCCC1. The molecule has 0 N–H and O–H groups in total. The number of epoxide rings is 1. The molecule has 0 aromatic carbocycles. The zero-order chi connectivity index (χ0) is 14.7. The van der Waals surface area contributed by atoms with Crippen molar-refractivity contribution < 1.29 is 23.8 Å². The van der Waals surface area contributed by atoms with E-state index < -0.39 is 24.1 Å². The van der Waals surface area contributed by atoms with Gasteiger partial charge >= 0.3 is 11.9 Å². The van der Waals surface area contributed by atoms with Gasteiger partial charge in [-0.1, -0.05) is 12.8 Å². The van der Waals surface area contributed by atoms with Gasteiger partial charge in [0, 0.05) is 0 Å².